The zero-order valence-corrected chi connectivity index (χ0v) is 12.3. The van der Waals surface area contributed by atoms with Gasteiger partial charge in [-0.25, -0.2) is 8.42 Å². The number of sulfonamides is 1. The van der Waals surface area contributed by atoms with Crippen LogP contribution in [0.15, 0.2) is 24.3 Å². The van der Waals surface area contributed by atoms with Gasteiger partial charge in [0.15, 0.2) is 0 Å². The average molecular weight is 297 g/mol. The summed E-state index contributed by atoms with van der Waals surface area (Å²) in [6, 6.07) is 6.78. The van der Waals surface area contributed by atoms with Crippen molar-refractivity contribution in [3.8, 4) is 0 Å². The second kappa shape index (κ2) is 5.80. The molecule has 0 radical (unpaired) electrons. The number of carbonyl (C=O) groups excluding carboxylic acids is 1. The standard InChI is InChI=1S/C13H19N3O3S/c1-9-12(7-8-14-9)13(17)15-10-3-5-11(6-4-10)16-20(2,18)19/h3-6,9,12,14,16H,7-8H2,1-2H3,(H,15,17). The molecule has 20 heavy (non-hydrogen) atoms. The predicted octanol–water partition coefficient (Wildman–Crippen LogP) is 0.995. The molecular weight excluding hydrogens is 278 g/mol. The van der Waals surface area contributed by atoms with E-state index in [9.17, 15) is 13.2 Å². The first-order valence-electron chi connectivity index (χ1n) is 6.47. The van der Waals surface area contributed by atoms with E-state index in [1.54, 1.807) is 24.3 Å². The van der Waals surface area contributed by atoms with Crippen molar-refractivity contribution in [3.63, 3.8) is 0 Å². The van der Waals surface area contributed by atoms with Crippen LogP contribution < -0.4 is 15.4 Å². The third-order valence-electron chi connectivity index (χ3n) is 3.32. The molecule has 1 aromatic rings. The van der Waals surface area contributed by atoms with E-state index in [2.05, 4.69) is 15.4 Å². The minimum atomic E-state index is -3.28. The highest BCUT2D eigenvalue weighted by Gasteiger charge is 2.29. The lowest BCUT2D eigenvalue weighted by atomic mass is 10.0. The van der Waals surface area contributed by atoms with Crippen molar-refractivity contribution in [1.29, 1.82) is 0 Å². The quantitative estimate of drug-likeness (QED) is 0.773. The minimum absolute atomic E-state index is 0.00803. The molecule has 7 heteroatoms. The van der Waals surface area contributed by atoms with Crippen LogP contribution in [0, 0.1) is 5.92 Å². The van der Waals surface area contributed by atoms with E-state index in [4.69, 9.17) is 0 Å². The maximum atomic E-state index is 12.1. The van der Waals surface area contributed by atoms with Crippen LogP contribution in [-0.4, -0.2) is 33.2 Å². The normalized spacial score (nSPS) is 22.5. The fraction of sp³-hybridized carbons (Fsp3) is 0.462. The highest BCUT2D eigenvalue weighted by molar-refractivity contribution is 7.92. The number of rotatable bonds is 4. The molecule has 0 saturated carbocycles. The second-order valence-electron chi connectivity index (χ2n) is 5.08. The van der Waals surface area contributed by atoms with Gasteiger partial charge in [0.25, 0.3) is 0 Å². The van der Waals surface area contributed by atoms with Gasteiger partial charge in [0.2, 0.25) is 15.9 Å². The Morgan fingerprint density at radius 2 is 1.85 bits per heavy atom. The first-order valence-corrected chi connectivity index (χ1v) is 8.36. The number of nitrogens with one attached hydrogen (secondary N) is 3. The molecule has 1 fully saturated rings. The van der Waals surface area contributed by atoms with Gasteiger partial charge in [-0.05, 0) is 44.2 Å². The van der Waals surface area contributed by atoms with E-state index < -0.39 is 10.0 Å². The zero-order chi connectivity index (χ0) is 14.8. The van der Waals surface area contributed by atoms with E-state index in [0.717, 1.165) is 19.2 Å². The third kappa shape index (κ3) is 3.94. The first kappa shape index (κ1) is 14.8. The number of carbonyl (C=O) groups is 1. The molecule has 1 saturated heterocycles. The van der Waals surface area contributed by atoms with Crippen molar-refractivity contribution in [2.75, 3.05) is 22.8 Å². The largest absolute Gasteiger partial charge is 0.326 e. The number of anilines is 2. The van der Waals surface area contributed by atoms with E-state index in [-0.39, 0.29) is 17.9 Å². The molecule has 0 spiro atoms. The van der Waals surface area contributed by atoms with Crippen molar-refractivity contribution in [1.82, 2.24) is 5.32 Å². The Morgan fingerprint density at radius 3 is 2.35 bits per heavy atom. The van der Waals surface area contributed by atoms with Gasteiger partial charge < -0.3 is 10.6 Å². The summed E-state index contributed by atoms with van der Waals surface area (Å²) < 4.78 is 24.5. The van der Waals surface area contributed by atoms with Crippen LogP contribution >= 0.6 is 0 Å². The topological polar surface area (TPSA) is 87.3 Å². The molecule has 1 aliphatic rings. The van der Waals surface area contributed by atoms with E-state index in [1.807, 2.05) is 6.92 Å². The lowest BCUT2D eigenvalue weighted by Gasteiger charge is -2.15. The molecule has 0 aromatic heterocycles. The Hall–Kier alpha value is -1.60. The summed E-state index contributed by atoms with van der Waals surface area (Å²) in [6.45, 7) is 2.85. The first-order chi connectivity index (χ1) is 9.35. The Morgan fingerprint density at radius 1 is 1.25 bits per heavy atom. The van der Waals surface area contributed by atoms with Gasteiger partial charge in [-0.15, -0.1) is 0 Å². The highest BCUT2D eigenvalue weighted by atomic mass is 32.2. The fourth-order valence-corrected chi connectivity index (χ4v) is 2.85. The number of benzene rings is 1. The molecule has 1 heterocycles. The van der Waals surface area contributed by atoms with Crippen molar-refractivity contribution in [2.45, 2.75) is 19.4 Å². The van der Waals surface area contributed by atoms with Gasteiger partial charge in [0.1, 0.15) is 0 Å². The van der Waals surface area contributed by atoms with Crippen molar-refractivity contribution < 1.29 is 13.2 Å². The molecule has 110 valence electrons. The van der Waals surface area contributed by atoms with Gasteiger partial charge in [-0.2, -0.15) is 0 Å². The van der Waals surface area contributed by atoms with Crippen LogP contribution in [0.1, 0.15) is 13.3 Å². The van der Waals surface area contributed by atoms with Crippen molar-refractivity contribution in [3.05, 3.63) is 24.3 Å². The van der Waals surface area contributed by atoms with E-state index in [0.29, 0.717) is 11.4 Å². The Kier molecular flexibility index (Phi) is 4.29. The number of amides is 1. The van der Waals surface area contributed by atoms with Gasteiger partial charge in [0, 0.05) is 17.4 Å². The van der Waals surface area contributed by atoms with Crippen LogP contribution in [0.25, 0.3) is 0 Å². The van der Waals surface area contributed by atoms with E-state index >= 15 is 0 Å². The predicted molar refractivity (Wildman–Crippen MR) is 79.1 cm³/mol. The van der Waals surface area contributed by atoms with Gasteiger partial charge >= 0.3 is 0 Å². The molecule has 2 rings (SSSR count). The molecule has 1 amide bonds. The second-order valence-corrected chi connectivity index (χ2v) is 6.83. The lowest BCUT2D eigenvalue weighted by molar-refractivity contribution is -0.120. The molecule has 1 aromatic carbocycles. The molecule has 6 nitrogen and oxygen atoms in total. The fourth-order valence-electron chi connectivity index (χ4n) is 2.29. The monoisotopic (exact) mass is 297 g/mol. The average Bonchev–Trinajstić information content (AvgIpc) is 2.76. The van der Waals surface area contributed by atoms with E-state index in [1.165, 1.54) is 0 Å². The summed E-state index contributed by atoms with van der Waals surface area (Å²) >= 11 is 0. The molecule has 0 bridgehead atoms. The molecule has 2 unspecified atom stereocenters. The van der Waals surface area contributed by atoms with Crippen LogP contribution in [0.5, 0.6) is 0 Å². The van der Waals surface area contributed by atoms with Gasteiger partial charge in [-0.3, -0.25) is 9.52 Å². The number of hydrogen-bond donors (Lipinski definition) is 3. The zero-order valence-electron chi connectivity index (χ0n) is 11.5. The Bertz CT molecular complexity index is 583. The summed E-state index contributed by atoms with van der Waals surface area (Å²) in [7, 11) is -3.28. The molecule has 1 aliphatic heterocycles. The smallest absolute Gasteiger partial charge is 0.229 e. The van der Waals surface area contributed by atoms with Crippen LogP contribution in [0.2, 0.25) is 0 Å². The minimum Gasteiger partial charge on any atom is -0.326 e. The van der Waals surface area contributed by atoms with Gasteiger partial charge in [0.05, 0.1) is 12.2 Å². The Labute approximate surface area is 119 Å². The summed E-state index contributed by atoms with van der Waals surface area (Å²) in [4.78, 5) is 12.1. The van der Waals surface area contributed by atoms with Crippen LogP contribution in [0.3, 0.4) is 0 Å². The van der Waals surface area contributed by atoms with Crippen molar-refractivity contribution >= 4 is 27.3 Å². The molecule has 0 aliphatic carbocycles. The maximum absolute atomic E-state index is 12.1. The molecular formula is C13H19N3O3S. The summed E-state index contributed by atoms with van der Waals surface area (Å²) in [6.07, 6.45) is 1.93. The van der Waals surface area contributed by atoms with Crippen LogP contribution in [-0.2, 0) is 14.8 Å². The summed E-state index contributed by atoms with van der Waals surface area (Å²) in [5, 5.41) is 6.08. The lowest BCUT2D eigenvalue weighted by Crippen LogP contribution is -2.32. The highest BCUT2D eigenvalue weighted by Crippen LogP contribution is 2.19. The number of hydrogen-bond acceptors (Lipinski definition) is 4. The summed E-state index contributed by atoms with van der Waals surface area (Å²) in [5.74, 6) is -0.0323. The summed E-state index contributed by atoms with van der Waals surface area (Å²) in [5.41, 5.74) is 1.13. The van der Waals surface area contributed by atoms with Crippen molar-refractivity contribution in [2.24, 2.45) is 5.92 Å². The Balaban J connectivity index is 1.98. The van der Waals surface area contributed by atoms with Gasteiger partial charge in [-0.1, -0.05) is 0 Å². The molecule has 3 N–H and O–H groups in total. The maximum Gasteiger partial charge on any atom is 0.229 e. The third-order valence-corrected chi connectivity index (χ3v) is 3.92. The SMILES string of the molecule is CC1NCCC1C(=O)Nc1ccc(NS(C)(=O)=O)cc1. The van der Waals surface area contributed by atoms with Crippen LogP contribution in [0.4, 0.5) is 11.4 Å². The molecule has 2 atom stereocenters.